The Bertz CT molecular complexity index is 2330. The van der Waals surface area contributed by atoms with E-state index in [0.29, 0.717) is 0 Å². The van der Waals surface area contributed by atoms with Crippen molar-refractivity contribution in [3.8, 4) is 44.9 Å². The molecule has 1 heterocycles. The van der Waals surface area contributed by atoms with Gasteiger partial charge in [-0.25, -0.2) is 0 Å². The van der Waals surface area contributed by atoms with Gasteiger partial charge in [0.1, 0.15) is 11.5 Å². The Balaban J connectivity index is 1.31. The van der Waals surface area contributed by atoms with E-state index in [-0.39, 0.29) is 0 Å². The van der Waals surface area contributed by atoms with Crippen LogP contribution in [0.2, 0.25) is 0 Å². The maximum atomic E-state index is 6.64. The molecule has 8 aromatic rings. The van der Waals surface area contributed by atoms with Crippen LogP contribution < -0.4 is 4.74 Å². The second-order valence-corrected chi connectivity index (χ2v) is 12.4. The van der Waals surface area contributed by atoms with Gasteiger partial charge in [0, 0.05) is 11.1 Å². The molecule has 8 aromatic carbocycles. The second-order valence-electron chi connectivity index (χ2n) is 12.4. The molecular formula is C45H28O. The van der Waals surface area contributed by atoms with Crippen molar-refractivity contribution in [2.75, 3.05) is 0 Å². The lowest BCUT2D eigenvalue weighted by Crippen LogP contribution is -2.32. The summed E-state index contributed by atoms with van der Waals surface area (Å²) in [6, 6.07) is 62.0. The largest absolute Gasteiger partial charge is 0.457 e. The minimum atomic E-state index is -0.544. The van der Waals surface area contributed by atoms with Crippen molar-refractivity contribution in [3.05, 3.63) is 192 Å². The molecule has 214 valence electrons. The lowest BCUT2D eigenvalue weighted by atomic mass is 9.65. The van der Waals surface area contributed by atoms with Gasteiger partial charge in [-0.1, -0.05) is 146 Å². The molecule has 0 fully saturated rings. The molecule has 1 heteroatoms. The molecule has 1 aliphatic heterocycles. The molecule has 0 atom stereocenters. The van der Waals surface area contributed by atoms with Crippen molar-refractivity contribution < 1.29 is 4.74 Å². The molecular weight excluding hydrogens is 556 g/mol. The minimum Gasteiger partial charge on any atom is -0.457 e. The second kappa shape index (κ2) is 9.54. The summed E-state index contributed by atoms with van der Waals surface area (Å²) in [6.07, 6.45) is 0. The summed E-state index contributed by atoms with van der Waals surface area (Å²) < 4.78 is 6.64. The van der Waals surface area contributed by atoms with E-state index in [0.717, 1.165) is 11.5 Å². The molecule has 0 N–H and O–H groups in total. The summed E-state index contributed by atoms with van der Waals surface area (Å²) in [5.41, 5.74) is 11.9. The van der Waals surface area contributed by atoms with Crippen LogP contribution in [0.15, 0.2) is 170 Å². The number of para-hydroxylation sites is 2. The van der Waals surface area contributed by atoms with E-state index in [2.05, 4.69) is 170 Å². The predicted octanol–water partition coefficient (Wildman–Crippen LogP) is 11.8. The van der Waals surface area contributed by atoms with Gasteiger partial charge < -0.3 is 4.74 Å². The number of hydrogen-bond acceptors (Lipinski definition) is 1. The first-order chi connectivity index (χ1) is 22.8. The van der Waals surface area contributed by atoms with E-state index in [9.17, 15) is 0 Å². The van der Waals surface area contributed by atoms with E-state index in [4.69, 9.17) is 4.74 Å². The van der Waals surface area contributed by atoms with Crippen LogP contribution in [-0.2, 0) is 5.41 Å². The molecule has 0 unspecified atom stereocenters. The fraction of sp³-hybridized carbons (Fsp3) is 0.0222. The third-order valence-corrected chi connectivity index (χ3v) is 10.1. The standard InChI is InChI=1S/C45H28O/c1-3-15-33-29(11-1)13-9-17-35(33)31-23-25-37-38-26-24-32(36-18-10-14-30-12-2-4-16-34(30)36)28-42(38)45(41(37)27-31)39-19-5-7-21-43(39)46-44-22-8-6-20-40(44)45/h1-28H. The molecule has 1 aliphatic carbocycles. The number of benzene rings is 8. The summed E-state index contributed by atoms with van der Waals surface area (Å²) in [4.78, 5) is 0. The first kappa shape index (κ1) is 25.4. The van der Waals surface area contributed by atoms with Crippen molar-refractivity contribution in [2.24, 2.45) is 0 Å². The Labute approximate surface area is 268 Å². The molecule has 0 amide bonds. The van der Waals surface area contributed by atoms with Crippen molar-refractivity contribution in [1.82, 2.24) is 0 Å². The average molecular weight is 585 g/mol. The maximum Gasteiger partial charge on any atom is 0.132 e. The van der Waals surface area contributed by atoms with Crippen molar-refractivity contribution in [2.45, 2.75) is 5.41 Å². The normalized spacial score (nSPS) is 13.6. The van der Waals surface area contributed by atoms with Crippen molar-refractivity contribution in [1.29, 1.82) is 0 Å². The van der Waals surface area contributed by atoms with Gasteiger partial charge in [0.25, 0.3) is 0 Å². The smallest absolute Gasteiger partial charge is 0.132 e. The molecule has 0 bridgehead atoms. The monoisotopic (exact) mass is 584 g/mol. The lowest BCUT2D eigenvalue weighted by Gasteiger charge is -2.39. The van der Waals surface area contributed by atoms with Gasteiger partial charge in [-0.2, -0.15) is 0 Å². The number of fused-ring (bicyclic) bond motifs is 11. The highest BCUT2D eigenvalue weighted by Gasteiger charge is 2.51. The molecule has 10 rings (SSSR count). The first-order valence-electron chi connectivity index (χ1n) is 15.9. The lowest BCUT2D eigenvalue weighted by molar-refractivity contribution is 0.436. The van der Waals surface area contributed by atoms with Crippen LogP contribution >= 0.6 is 0 Å². The molecule has 46 heavy (non-hydrogen) atoms. The van der Waals surface area contributed by atoms with E-state index in [1.54, 1.807) is 0 Å². The average Bonchev–Trinajstić information content (AvgIpc) is 3.40. The summed E-state index contributed by atoms with van der Waals surface area (Å²) in [6.45, 7) is 0. The Morgan fingerprint density at radius 2 is 0.761 bits per heavy atom. The summed E-state index contributed by atoms with van der Waals surface area (Å²) in [5, 5.41) is 5.03. The van der Waals surface area contributed by atoms with E-state index >= 15 is 0 Å². The molecule has 0 aromatic heterocycles. The highest BCUT2D eigenvalue weighted by Crippen LogP contribution is 2.63. The Hall–Kier alpha value is -5.92. The molecule has 0 radical (unpaired) electrons. The van der Waals surface area contributed by atoms with Gasteiger partial charge in [0.15, 0.2) is 0 Å². The third-order valence-electron chi connectivity index (χ3n) is 10.1. The van der Waals surface area contributed by atoms with Gasteiger partial charge in [-0.3, -0.25) is 0 Å². The van der Waals surface area contributed by atoms with Crippen LogP contribution in [0.3, 0.4) is 0 Å². The van der Waals surface area contributed by atoms with Crippen LogP contribution in [0.5, 0.6) is 11.5 Å². The van der Waals surface area contributed by atoms with Crippen LogP contribution in [-0.4, -0.2) is 0 Å². The zero-order valence-electron chi connectivity index (χ0n) is 25.1. The Morgan fingerprint density at radius 3 is 1.28 bits per heavy atom. The topological polar surface area (TPSA) is 9.23 Å². The number of rotatable bonds is 2. The van der Waals surface area contributed by atoms with Crippen LogP contribution in [0.4, 0.5) is 0 Å². The van der Waals surface area contributed by atoms with E-state index in [1.165, 1.54) is 77.2 Å². The highest BCUT2D eigenvalue weighted by molar-refractivity contribution is 6.00. The van der Waals surface area contributed by atoms with Gasteiger partial charge in [-0.15, -0.1) is 0 Å². The van der Waals surface area contributed by atoms with E-state index in [1.807, 2.05) is 0 Å². The van der Waals surface area contributed by atoms with Crippen molar-refractivity contribution >= 4 is 21.5 Å². The van der Waals surface area contributed by atoms with Gasteiger partial charge in [0.2, 0.25) is 0 Å². The van der Waals surface area contributed by atoms with Crippen LogP contribution in [0, 0.1) is 0 Å². The fourth-order valence-corrected chi connectivity index (χ4v) is 8.19. The summed E-state index contributed by atoms with van der Waals surface area (Å²) >= 11 is 0. The van der Waals surface area contributed by atoms with Crippen LogP contribution in [0.1, 0.15) is 22.3 Å². The summed E-state index contributed by atoms with van der Waals surface area (Å²) in [7, 11) is 0. The first-order valence-corrected chi connectivity index (χ1v) is 15.9. The predicted molar refractivity (Wildman–Crippen MR) is 190 cm³/mol. The maximum absolute atomic E-state index is 6.64. The van der Waals surface area contributed by atoms with E-state index < -0.39 is 5.41 Å². The fourth-order valence-electron chi connectivity index (χ4n) is 8.19. The Morgan fingerprint density at radius 1 is 0.326 bits per heavy atom. The zero-order valence-corrected chi connectivity index (χ0v) is 25.1. The Kier molecular flexibility index (Phi) is 5.27. The summed E-state index contributed by atoms with van der Waals surface area (Å²) in [5.74, 6) is 1.82. The number of hydrogen-bond donors (Lipinski definition) is 0. The van der Waals surface area contributed by atoms with Gasteiger partial charge in [0.05, 0.1) is 5.41 Å². The number of ether oxygens (including phenoxy) is 1. The molecule has 2 aliphatic rings. The molecule has 1 nitrogen and oxygen atoms in total. The van der Waals surface area contributed by atoms with Crippen molar-refractivity contribution in [3.63, 3.8) is 0 Å². The highest BCUT2D eigenvalue weighted by atomic mass is 16.5. The third kappa shape index (κ3) is 3.40. The quantitative estimate of drug-likeness (QED) is 0.196. The zero-order chi connectivity index (χ0) is 30.2. The van der Waals surface area contributed by atoms with Gasteiger partial charge >= 0.3 is 0 Å². The molecule has 1 spiro atoms. The molecule has 0 saturated carbocycles. The molecule has 0 saturated heterocycles. The van der Waals surface area contributed by atoms with Crippen LogP contribution in [0.25, 0.3) is 54.9 Å². The van der Waals surface area contributed by atoms with Gasteiger partial charge in [-0.05, 0) is 90.3 Å². The minimum absolute atomic E-state index is 0.544. The SMILES string of the molecule is c1ccc2c(c1)Oc1ccccc1C21c2cc(-c3cccc4ccccc34)ccc2-c2ccc(-c3cccc4ccccc34)cc21.